The monoisotopic (exact) mass is 371 g/mol. The zero-order valence-electron chi connectivity index (χ0n) is 15.1. The first-order chi connectivity index (χ1) is 13.6. The van der Waals surface area contributed by atoms with E-state index in [1.165, 1.54) is 6.20 Å². The maximum Gasteiger partial charge on any atom is 0.293 e. The number of aromatic nitrogens is 3. The molecule has 4 rings (SSSR count). The molecule has 0 fully saturated rings. The normalized spacial score (nSPS) is 10.6. The highest BCUT2D eigenvalue weighted by atomic mass is 16.1. The predicted molar refractivity (Wildman–Crippen MR) is 109 cm³/mol. The number of hydrogen-bond donors (Lipinski definition) is 2. The molecule has 2 heterocycles. The molecular weight excluding hydrogens is 354 g/mol. The second kappa shape index (κ2) is 7.32. The van der Waals surface area contributed by atoms with Crippen LogP contribution >= 0.6 is 0 Å². The number of benzene rings is 2. The second-order valence-electron chi connectivity index (χ2n) is 6.21. The molecule has 0 atom stereocenters. The molecule has 0 unspecified atom stereocenters. The zero-order chi connectivity index (χ0) is 19.5. The average molecular weight is 371 g/mol. The van der Waals surface area contributed by atoms with Crippen LogP contribution in [0.25, 0.3) is 11.0 Å². The maximum atomic E-state index is 12.5. The molecule has 2 aromatic carbocycles. The van der Waals surface area contributed by atoms with E-state index >= 15 is 0 Å². The summed E-state index contributed by atoms with van der Waals surface area (Å²) in [5.74, 6) is 0.00668. The Morgan fingerprint density at radius 1 is 0.964 bits per heavy atom. The summed E-state index contributed by atoms with van der Waals surface area (Å²) >= 11 is 0. The molecule has 0 radical (unpaired) electrons. The summed E-state index contributed by atoms with van der Waals surface area (Å²) in [5, 5.41) is 5.86. The van der Waals surface area contributed by atoms with Crippen LogP contribution in [-0.4, -0.2) is 20.4 Å². The van der Waals surface area contributed by atoms with Crippen LogP contribution in [0.3, 0.4) is 0 Å². The number of para-hydroxylation sites is 2. The van der Waals surface area contributed by atoms with E-state index in [0.29, 0.717) is 16.9 Å². The second-order valence-corrected chi connectivity index (χ2v) is 6.21. The third kappa shape index (κ3) is 3.45. The molecule has 138 valence electrons. The lowest BCUT2D eigenvalue weighted by molar-refractivity contribution is 0.102. The van der Waals surface area contributed by atoms with E-state index < -0.39 is 0 Å². The van der Waals surface area contributed by atoms with Crippen molar-refractivity contribution >= 4 is 34.1 Å². The smallest absolute Gasteiger partial charge is 0.293 e. The van der Waals surface area contributed by atoms with Crippen LogP contribution in [-0.2, 0) is 7.05 Å². The molecule has 2 aromatic heterocycles. The summed E-state index contributed by atoms with van der Waals surface area (Å²) in [6.07, 6.45) is 3.12. The third-order valence-corrected chi connectivity index (χ3v) is 4.31. The summed E-state index contributed by atoms with van der Waals surface area (Å²) in [6.45, 7) is 0. The Balaban J connectivity index is 1.54. The first-order valence-corrected chi connectivity index (χ1v) is 8.66. The van der Waals surface area contributed by atoms with Crippen molar-refractivity contribution in [2.45, 2.75) is 0 Å². The largest absolute Gasteiger partial charge is 0.336 e. The van der Waals surface area contributed by atoms with Crippen molar-refractivity contribution in [3.63, 3.8) is 0 Å². The molecule has 0 saturated carbocycles. The molecule has 1 amide bonds. The quantitative estimate of drug-likeness (QED) is 0.574. The van der Waals surface area contributed by atoms with Gasteiger partial charge in [-0.1, -0.05) is 12.1 Å². The Kier molecular flexibility index (Phi) is 4.55. The van der Waals surface area contributed by atoms with Crippen LogP contribution in [0.2, 0.25) is 0 Å². The number of anilines is 3. The van der Waals surface area contributed by atoms with Gasteiger partial charge in [-0.25, -0.2) is 4.98 Å². The molecule has 28 heavy (non-hydrogen) atoms. The number of carbonyl (C=O) groups is 1. The van der Waals surface area contributed by atoms with Gasteiger partial charge < -0.3 is 15.2 Å². The van der Waals surface area contributed by atoms with E-state index in [0.717, 1.165) is 11.0 Å². The van der Waals surface area contributed by atoms with Crippen molar-refractivity contribution in [1.29, 1.82) is 0 Å². The first kappa shape index (κ1) is 17.4. The number of hydrogen-bond acceptors (Lipinski definition) is 5. The third-order valence-electron chi connectivity index (χ3n) is 4.31. The zero-order valence-corrected chi connectivity index (χ0v) is 15.1. The molecule has 0 aliphatic heterocycles. The lowest BCUT2D eigenvalue weighted by Crippen LogP contribution is -2.21. The minimum Gasteiger partial charge on any atom is -0.336 e. The van der Waals surface area contributed by atoms with E-state index in [4.69, 9.17) is 0 Å². The summed E-state index contributed by atoms with van der Waals surface area (Å²) in [5.41, 5.74) is 3.10. The molecule has 7 heteroatoms. The number of nitrogens with one attached hydrogen (secondary N) is 2. The van der Waals surface area contributed by atoms with E-state index in [1.807, 2.05) is 24.3 Å². The van der Waals surface area contributed by atoms with Gasteiger partial charge in [0.15, 0.2) is 5.82 Å². The molecule has 7 nitrogen and oxygen atoms in total. The average Bonchev–Trinajstić information content (AvgIpc) is 2.74. The highest BCUT2D eigenvalue weighted by Crippen LogP contribution is 2.18. The summed E-state index contributed by atoms with van der Waals surface area (Å²) < 4.78 is 1.56. The van der Waals surface area contributed by atoms with E-state index in [9.17, 15) is 9.59 Å². The molecular formula is C21H17N5O2. The van der Waals surface area contributed by atoms with Gasteiger partial charge >= 0.3 is 0 Å². The summed E-state index contributed by atoms with van der Waals surface area (Å²) in [4.78, 5) is 33.1. The molecule has 0 spiro atoms. The molecule has 0 aliphatic rings. The van der Waals surface area contributed by atoms with Crippen molar-refractivity contribution < 1.29 is 4.79 Å². The fourth-order valence-corrected chi connectivity index (χ4v) is 2.83. The number of amides is 1. The number of rotatable bonds is 4. The standard InChI is InChI=1S/C21H17N5O2/c1-26-18-7-3-2-6-17(18)25-19(21(26)28)23-15-8-10-16(11-9-15)24-20(27)14-5-4-12-22-13-14/h2-13H,1H3,(H,23,25)(H,24,27). The molecule has 4 aromatic rings. The summed E-state index contributed by atoms with van der Waals surface area (Å²) in [6, 6.07) is 17.9. The Labute approximate surface area is 160 Å². The van der Waals surface area contributed by atoms with E-state index in [-0.39, 0.29) is 17.3 Å². The van der Waals surface area contributed by atoms with E-state index in [2.05, 4.69) is 20.6 Å². The van der Waals surface area contributed by atoms with Crippen molar-refractivity contribution in [3.05, 3.63) is 89.0 Å². The maximum absolute atomic E-state index is 12.5. The van der Waals surface area contributed by atoms with Crippen molar-refractivity contribution in [1.82, 2.24) is 14.5 Å². The van der Waals surface area contributed by atoms with Crippen molar-refractivity contribution in [2.24, 2.45) is 7.05 Å². The fourth-order valence-electron chi connectivity index (χ4n) is 2.83. The minimum atomic E-state index is -0.237. The van der Waals surface area contributed by atoms with Gasteiger partial charge in [-0.15, -0.1) is 0 Å². The van der Waals surface area contributed by atoms with Crippen LogP contribution in [0.1, 0.15) is 10.4 Å². The van der Waals surface area contributed by atoms with Gasteiger partial charge in [0, 0.05) is 30.8 Å². The lowest BCUT2D eigenvalue weighted by atomic mass is 10.2. The SMILES string of the molecule is Cn1c(=O)c(Nc2ccc(NC(=O)c3cccnc3)cc2)nc2ccccc21. The number of pyridine rings is 1. The fraction of sp³-hybridized carbons (Fsp3) is 0.0476. The first-order valence-electron chi connectivity index (χ1n) is 8.66. The Hall–Kier alpha value is -4.00. The van der Waals surface area contributed by atoms with Crippen molar-refractivity contribution in [2.75, 3.05) is 10.6 Å². The van der Waals surface area contributed by atoms with Gasteiger partial charge in [-0.05, 0) is 48.5 Å². The highest BCUT2D eigenvalue weighted by molar-refractivity contribution is 6.04. The van der Waals surface area contributed by atoms with E-state index in [1.54, 1.807) is 54.2 Å². The van der Waals surface area contributed by atoms with Gasteiger partial charge in [0.25, 0.3) is 11.5 Å². The summed E-state index contributed by atoms with van der Waals surface area (Å²) in [7, 11) is 1.72. The van der Waals surface area contributed by atoms with Crippen LogP contribution in [0.5, 0.6) is 0 Å². The van der Waals surface area contributed by atoms with Crippen LogP contribution < -0.4 is 16.2 Å². The Morgan fingerprint density at radius 3 is 2.46 bits per heavy atom. The molecule has 2 N–H and O–H groups in total. The van der Waals surface area contributed by atoms with Crippen LogP contribution in [0.15, 0.2) is 77.9 Å². The van der Waals surface area contributed by atoms with Crippen LogP contribution in [0.4, 0.5) is 17.2 Å². The number of fused-ring (bicyclic) bond motifs is 1. The minimum absolute atomic E-state index is 0.215. The van der Waals surface area contributed by atoms with Gasteiger partial charge in [-0.3, -0.25) is 14.6 Å². The number of carbonyl (C=O) groups excluding carboxylic acids is 1. The van der Waals surface area contributed by atoms with Gasteiger partial charge in [0.1, 0.15) is 0 Å². The molecule has 0 saturated heterocycles. The molecule has 0 aliphatic carbocycles. The van der Waals surface area contributed by atoms with Gasteiger partial charge in [0.05, 0.1) is 16.6 Å². The number of aryl methyl sites for hydroxylation is 1. The number of nitrogens with zero attached hydrogens (tertiary/aromatic N) is 3. The Bertz CT molecular complexity index is 1200. The van der Waals surface area contributed by atoms with Gasteiger partial charge in [0.2, 0.25) is 0 Å². The van der Waals surface area contributed by atoms with Crippen molar-refractivity contribution in [3.8, 4) is 0 Å². The van der Waals surface area contributed by atoms with Gasteiger partial charge in [-0.2, -0.15) is 0 Å². The Morgan fingerprint density at radius 2 is 1.71 bits per heavy atom. The molecule has 0 bridgehead atoms. The lowest BCUT2D eigenvalue weighted by Gasteiger charge is -2.10. The topological polar surface area (TPSA) is 88.9 Å². The highest BCUT2D eigenvalue weighted by Gasteiger charge is 2.09. The predicted octanol–water partition coefficient (Wildman–Crippen LogP) is 3.32. The van der Waals surface area contributed by atoms with Crippen LogP contribution in [0, 0.1) is 0 Å².